The van der Waals surface area contributed by atoms with Gasteiger partial charge in [0.15, 0.2) is 44.5 Å². The van der Waals surface area contributed by atoms with Gasteiger partial charge in [0.1, 0.15) is 5.69 Å². The van der Waals surface area contributed by atoms with Gasteiger partial charge in [-0.1, -0.05) is 41.4 Å². The van der Waals surface area contributed by atoms with Crippen molar-refractivity contribution in [2.45, 2.75) is 35.4 Å². The fourth-order valence-electron chi connectivity index (χ4n) is 7.82. The van der Waals surface area contributed by atoms with E-state index >= 15 is 8.78 Å². The molecule has 2 saturated heterocycles. The van der Waals surface area contributed by atoms with Crippen LogP contribution in [0.15, 0.2) is 48.0 Å². The molecule has 16 heteroatoms. The number of nitrogens with zero attached hydrogens (tertiary/aromatic N) is 2. The maximum absolute atomic E-state index is 15.2. The number of phenols is 1. The van der Waals surface area contributed by atoms with Crippen molar-refractivity contribution in [1.82, 2.24) is 0 Å². The molecule has 3 aromatic carbocycles. The zero-order valence-corrected chi connectivity index (χ0v) is 27.9. The molecular formula is C34H22Cl3F5N2O6. The summed E-state index contributed by atoms with van der Waals surface area (Å²) in [5.74, 6) is -22.8. The van der Waals surface area contributed by atoms with Gasteiger partial charge in [0, 0.05) is 16.5 Å². The van der Waals surface area contributed by atoms with Gasteiger partial charge in [-0.25, -0.2) is 31.8 Å². The number of ether oxygens (including phenoxy) is 1. The summed E-state index contributed by atoms with van der Waals surface area (Å²) in [7, 11) is 1.22. The average molecular weight is 756 g/mol. The van der Waals surface area contributed by atoms with Gasteiger partial charge in [-0.3, -0.25) is 19.2 Å². The highest BCUT2D eigenvalue weighted by Gasteiger charge is 2.77. The van der Waals surface area contributed by atoms with Crippen LogP contribution < -0.4 is 14.5 Å². The molecule has 3 fully saturated rings. The van der Waals surface area contributed by atoms with E-state index in [0.29, 0.717) is 5.56 Å². The largest absolute Gasteiger partial charge is 0.504 e. The van der Waals surface area contributed by atoms with Crippen LogP contribution in [0.3, 0.4) is 0 Å². The van der Waals surface area contributed by atoms with Crippen molar-refractivity contribution in [3.63, 3.8) is 0 Å². The zero-order valence-electron chi connectivity index (χ0n) is 25.7. The van der Waals surface area contributed by atoms with E-state index in [4.69, 9.17) is 39.5 Å². The number of aryl methyl sites for hydroxylation is 1. The molecule has 8 nitrogen and oxygen atoms in total. The number of allylic oxidation sites excluding steroid dienone is 2. The van der Waals surface area contributed by atoms with Gasteiger partial charge in [-0.2, -0.15) is 0 Å². The van der Waals surface area contributed by atoms with Gasteiger partial charge in [0.25, 0.3) is 11.8 Å². The van der Waals surface area contributed by atoms with E-state index in [-0.39, 0.29) is 38.9 Å². The van der Waals surface area contributed by atoms with E-state index in [2.05, 4.69) is 0 Å². The normalized spacial score (nSPS) is 28.9. The Hall–Kier alpha value is -4.20. The monoisotopic (exact) mass is 754 g/mol. The molecule has 3 aromatic rings. The lowest BCUT2D eigenvalue weighted by atomic mass is 9.56. The summed E-state index contributed by atoms with van der Waals surface area (Å²) in [5.41, 5.74) is -1.05. The first-order chi connectivity index (χ1) is 23.5. The SMILES string of the molecule is COc1cccc([C@H]2C3=CC[C@@H]4C(=O)N(c5ccc(C)c(Cl)c5)C(=O)[C@@H]4[C@@H]3C[C@@]3(Cl)C(=O)N(c4c(F)c(F)c(F)c(F)c4F)C(=O)[C@@]23Cl)c1O. The van der Waals surface area contributed by atoms with Crippen molar-refractivity contribution in [3.05, 3.63) is 93.3 Å². The summed E-state index contributed by atoms with van der Waals surface area (Å²) in [6, 6.07) is 8.62. The number of hydrogen-bond acceptors (Lipinski definition) is 6. The second-order valence-corrected chi connectivity index (χ2v) is 14.2. The van der Waals surface area contributed by atoms with Crippen LogP contribution in [-0.4, -0.2) is 45.6 Å². The highest BCUT2D eigenvalue weighted by Crippen LogP contribution is 2.67. The van der Waals surface area contributed by atoms with Crippen LogP contribution in [0.2, 0.25) is 5.02 Å². The molecule has 4 aliphatic rings. The number of aromatic hydroxyl groups is 1. The lowest BCUT2D eigenvalue weighted by Crippen LogP contribution is -2.60. The van der Waals surface area contributed by atoms with Crippen molar-refractivity contribution in [1.29, 1.82) is 0 Å². The van der Waals surface area contributed by atoms with Gasteiger partial charge in [0.2, 0.25) is 17.6 Å². The van der Waals surface area contributed by atoms with Crippen LogP contribution >= 0.6 is 34.8 Å². The number of carbonyl (C=O) groups excluding carboxylic acids is 4. The lowest BCUT2D eigenvalue weighted by molar-refractivity contribution is -0.125. The van der Waals surface area contributed by atoms with Gasteiger partial charge in [-0.05, 0) is 49.4 Å². The first kappa shape index (κ1) is 34.3. The summed E-state index contributed by atoms with van der Waals surface area (Å²) in [6.07, 6.45) is 0.750. The number of methoxy groups -OCH3 is 1. The summed E-state index contributed by atoms with van der Waals surface area (Å²) in [5, 5.41) is 11.6. The quantitative estimate of drug-likeness (QED) is 0.0783. The Bertz CT molecular complexity index is 2100. The number of hydrogen-bond donors (Lipinski definition) is 1. The smallest absolute Gasteiger partial charge is 0.258 e. The van der Waals surface area contributed by atoms with E-state index in [0.717, 1.165) is 4.90 Å². The second-order valence-electron chi connectivity index (χ2n) is 12.5. The maximum Gasteiger partial charge on any atom is 0.258 e. The molecule has 1 saturated carbocycles. The van der Waals surface area contributed by atoms with Crippen molar-refractivity contribution in [2.75, 3.05) is 16.9 Å². The first-order valence-electron chi connectivity index (χ1n) is 15.0. The molecule has 2 aliphatic carbocycles. The Morgan fingerprint density at radius 1 is 0.860 bits per heavy atom. The van der Waals surface area contributed by atoms with E-state index < -0.39 is 104 Å². The Kier molecular flexibility index (Phi) is 7.82. The Balaban J connectivity index is 1.45. The van der Waals surface area contributed by atoms with E-state index in [1.165, 1.54) is 43.5 Å². The number of alkyl halides is 2. The highest BCUT2D eigenvalue weighted by atomic mass is 35.5. The number of rotatable bonds is 4. The van der Waals surface area contributed by atoms with Crippen LogP contribution in [0.4, 0.5) is 33.3 Å². The third-order valence-corrected chi connectivity index (χ3v) is 12.0. The Morgan fingerprint density at radius 2 is 1.50 bits per heavy atom. The number of carbonyl (C=O) groups is 4. The molecule has 0 radical (unpaired) electrons. The number of amides is 4. The van der Waals surface area contributed by atoms with Crippen LogP contribution in [0.1, 0.15) is 29.9 Å². The standard InChI is InChI=1S/C34H22Cl3F5N2O6/c1-12-6-7-13(10-18(12)35)43-29(46)15-9-8-14-17(20(15)30(43)47)11-33(36)31(48)44(27-25(41)23(39)22(38)24(40)26(27)42)32(49)34(33,37)21(14)16-4-3-5-19(50-2)28(16)45/h3-8,10,15,17,20-21,45H,9,11H2,1-2H3/t15-,17+,20-,21+,33+,34-/m0/s1. The third kappa shape index (κ3) is 4.23. The molecule has 6 atom stereocenters. The second kappa shape index (κ2) is 11.4. The number of benzene rings is 3. The molecule has 260 valence electrons. The predicted molar refractivity (Wildman–Crippen MR) is 170 cm³/mol. The minimum Gasteiger partial charge on any atom is -0.504 e. The topological polar surface area (TPSA) is 104 Å². The summed E-state index contributed by atoms with van der Waals surface area (Å²) in [4.78, 5) is 51.8. The van der Waals surface area contributed by atoms with E-state index in [1.807, 2.05) is 0 Å². The number of fused-ring (bicyclic) bond motifs is 4. The lowest BCUT2D eigenvalue weighted by Gasteiger charge is -2.50. The maximum atomic E-state index is 15.2. The molecular weight excluding hydrogens is 734 g/mol. The van der Waals surface area contributed by atoms with Crippen molar-refractivity contribution < 1.29 is 51.0 Å². The minimum absolute atomic E-state index is 0.0792. The van der Waals surface area contributed by atoms with Crippen LogP contribution in [-0.2, 0) is 19.2 Å². The molecule has 4 amide bonds. The van der Waals surface area contributed by atoms with E-state index in [1.54, 1.807) is 13.0 Å². The predicted octanol–water partition coefficient (Wildman–Crippen LogP) is 6.83. The van der Waals surface area contributed by atoms with Gasteiger partial charge in [-0.15, -0.1) is 23.2 Å². The molecule has 7 rings (SSSR count). The minimum atomic E-state index is -2.79. The van der Waals surface area contributed by atoms with Gasteiger partial charge < -0.3 is 9.84 Å². The summed E-state index contributed by atoms with van der Waals surface area (Å²) >= 11 is 20.5. The molecule has 0 spiro atoms. The first-order valence-corrected chi connectivity index (χ1v) is 16.1. The summed E-state index contributed by atoms with van der Waals surface area (Å²) < 4.78 is 78.5. The molecule has 0 bridgehead atoms. The molecule has 2 aliphatic heterocycles. The van der Waals surface area contributed by atoms with Crippen LogP contribution in [0.25, 0.3) is 0 Å². The molecule has 1 N–H and O–H groups in total. The average Bonchev–Trinajstić information content (AvgIpc) is 3.42. The highest BCUT2D eigenvalue weighted by molar-refractivity contribution is 6.58. The number of imide groups is 2. The molecule has 0 unspecified atom stereocenters. The summed E-state index contributed by atoms with van der Waals surface area (Å²) in [6.45, 7) is 1.72. The van der Waals surface area contributed by atoms with E-state index in [9.17, 15) is 37.5 Å². The zero-order chi connectivity index (χ0) is 36.4. The number of phenolic OH excluding ortho intramolecular Hbond substituents is 1. The Morgan fingerprint density at radius 3 is 2.12 bits per heavy atom. The number of halogens is 8. The fraction of sp³-hybridized carbons (Fsp3) is 0.294. The number of para-hydroxylation sites is 1. The molecule has 50 heavy (non-hydrogen) atoms. The Labute approximate surface area is 294 Å². The van der Waals surface area contributed by atoms with Gasteiger partial charge in [0.05, 0.1) is 24.6 Å². The third-order valence-electron chi connectivity index (χ3n) is 10.2. The van der Waals surface area contributed by atoms with Crippen LogP contribution in [0.5, 0.6) is 11.5 Å². The van der Waals surface area contributed by atoms with Gasteiger partial charge >= 0.3 is 0 Å². The molecule has 2 heterocycles. The molecule has 0 aromatic heterocycles. The van der Waals surface area contributed by atoms with Crippen molar-refractivity contribution in [2.24, 2.45) is 17.8 Å². The fourth-order valence-corrected chi connectivity index (χ4v) is 8.93. The van der Waals surface area contributed by atoms with Crippen molar-refractivity contribution >= 4 is 69.8 Å². The van der Waals surface area contributed by atoms with Crippen molar-refractivity contribution in [3.8, 4) is 11.5 Å². The van der Waals surface area contributed by atoms with Crippen LogP contribution in [0, 0.1) is 53.8 Å². The number of anilines is 2.